The highest BCUT2D eigenvalue weighted by molar-refractivity contribution is 9.10. The van der Waals surface area contributed by atoms with Crippen molar-refractivity contribution in [2.45, 2.75) is 38.8 Å². The summed E-state index contributed by atoms with van der Waals surface area (Å²) in [5.74, 6) is -1.29. The van der Waals surface area contributed by atoms with Crippen LogP contribution in [0.2, 0.25) is 0 Å². The molecule has 5 nitrogen and oxygen atoms in total. The first-order chi connectivity index (χ1) is 8.88. The lowest BCUT2D eigenvalue weighted by atomic mass is 9.96. The van der Waals surface area contributed by atoms with E-state index in [1.165, 1.54) is 0 Å². The lowest BCUT2D eigenvalue weighted by molar-refractivity contribution is -0.144. The second-order valence-corrected chi connectivity index (χ2v) is 5.98. The summed E-state index contributed by atoms with van der Waals surface area (Å²) in [4.78, 5) is 23.7. The summed E-state index contributed by atoms with van der Waals surface area (Å²) in [5, 5.41) is 12.0. The molecule has 1 aromatic heterocycles. The van der Waals surface area contributed by atoms with E-state index in [1.54, 1.807) is 17.6 Å². The molecule has 1 heterocycles. The number of aliphatic carboxylic acids is 1. The summed E-state index contributed by atoms with van der Waals surface area (Å²) in [6, 6.07) is 1.70. The van der Waals surface area contributed by atoms with E-state index in [1.807, 2.05) is 13.1 Å². The Bertz CT molecular complexity index is 522. The second-order valence-electron chi connectivity index (χ2n) is 5.07. The maximum atomic E-state index is 12.3. The predicted octanol–water partition coefficient (Wildman–Crippen LogP) is 2.25. The molecule has 0 spiro atoms. The van der Waals surface area contributed by atoms with Crippen LogP contribution in [0.15, 0.2) is 16.7 Å². The summed E-state index contributed by atoms with van der Waals surface area (Å²) >= 11 is 3.32. The Balaban J connectivity index is 2.22. The van der Waals surface area contributed by atoms with Crippen molar-refractivity contribution < 1.29 is 14.7 Å². The topological polar surface area (TPSA) is 71.3 Å². The second kappa shape index (κ2) is 5.00. The summed E-state index contributed by atoms with van der Waals surface area (Å²) in [5.41, 5.74) is -0.700. The van der Waals surface area contributed by atoms with Crippen LogP contribution in [0.25, 0.3) is 0 Å². The first kappa shape index (κ1) is 14.1. The minimum absolute atomic E-state index is 0.0300. The maximum Gasteiger partial charge on any atom is 0.329 e. The molecule has 104 valence electrons. The molecule has 6 heteroatoms. The molecule has 0 radical (unpaired) electrons. The van der Waals surface area contributed by atoms with Crippen molar-refractivity contribution >= 4 is 27.8 Å². The van der Waals surface area contributed by atoms with Crippen LogP contribution in [0.5, 0.6) is 0 Å². The quantitative estimate of drug-likeness (QED) is 0.870. The Morgan fingerprint density at radius 3 is 2.68 bits per heavy atom. The van der Waals surface area contributed by atoms with Crippen molar-refractivity contribution in [2.24, 2.45) is 5.92 Å². The number of nitrogens with one attached hydrogen (secondary N) is 1. The number of aryl methyl sites for hydroxylation is 1. The van der Waals surface area contributed by atoms with Gasteiger partial charge in [0, 0.05) is 17.2 Å². The van der Waals surface area contributed by atoms with Crippen LogP contribution in [0, 0.1) is 5.92 Å². The Kier molecular flexibility index (Phi) is 3.71. The number of carbonyl (C=O) groups excluding carboxylic acids is 1. The predicted molar refractivity (Wildman–Crippen MR) is 74.0 cm³/mol. The molecule has 1 unspecified atom stereocenters. The van der Waals surface area contributed by atoms with E-state index in [2.05, 4.69) is 21.2 Å². The van der Waals surface area contributed by atoms with Gasteiger partial charge in [0.05, 0.1) is 0 Å². The fourth-order valence-corrected chi connectivity index (χ4v) is 2.68. The van der Waals surface area contributed by atoms with Crippen molar-refractivity contribution in [1.82, 2.24) is 9.88 Å². The van der Waals surface area contributed by atoms with Gasteiger partial charge in [-0.25, -0.2) is 4.79 Å². The number of hydrogen-bond acceptors (Lipinski definition) is 2. The highest BCUT2D eigenvalue weighted by Crippen LogP contribution is 2.39. The normalized spacial score (nSPS) is 17.8. The van der Waals surface area contributed by atoms with Crippen molar-refractivity contribution in [3.63, 3.8) is 0 Å². The first-order valence-corrected chi connectivity index (χ1v) is 7.09. The summed E-state index contributed by atoms with van der Waals surface area (Å²) in [7, 11) is 0. The SMILES string of the molecule is CCn1cc(Br)cc1C(=O)NC(C)(C(=O)O)C1CC1. The van der Waals surface area contributed by atoms with Gasteiger partial charge in [0.2, 0.25) is 0 Å². The Morgan fingerprint density at radius 2 is 2.21 bits per heavy atom. The van der Waals surface area contributed by atoms with Gasteiger partial charge in [-0.15, -0.1) is 0 Å². The van der Waals surface area contributed by atoms with Gasteiger partial charge in [-0.1, -0.05) is 0 Å². The van der Waals surface area contributed by atoms with Crippen LogP contribution in [0.3, 0.4) is 0 Å². The van der Waals surface area contributed by atoms with E-state index in [9.17, 15) is 14.7 Å². The van der Waals surface area contributed by atoms with E-state index in [0.717, 1.165) is 17.3 Å². The van der Waals surface area contributed by atoms with Gasteiger partial charge >= 0.3 is 5.97 Å². The van der Waals surface area contributed by atoms with Crippen LogP contribution in [-0.2, 0) is 11.3 Å². The molecule has 2 rings (SSSR count). The summed E-state index contributed by atoms with van der Waals surface area (Å²) < 4.78 is 2.59. The van der Waals surface area contributed by atoms with Gasteiger partial charge in [-0.05, 0) is 54.6 Å². The lowest BCUT2D eigenvalue weighted by Crippen LogP contribution is -2.54. The van der Waals surface area contributed by atoms with Crippen molar-refractivity contribution in [1.29, 1.82) is 0 Å². The summed E-state index contributed by atoms with van der Waals surface area (Å²) in [6.07, 6.45) is 3.51. The monoisotopic (exact) mass is 328 g/mol. The van der Waals surface area contributed by atoms with Gasteiger partial charge in [0.25, 0.3) is 5.91 Å². The van der Waals surface area contributed by atoms with E-state index in [0.29, 0.717) is 12.2 Å². The van der Waals surface area contributed by atoms with Crippen molar-refractivity contribution in [3.05, 3.63) is 22.4 Å². The molecular weight excluding hydrogens is 312 g/mol. The molecule has 1 fully saturated rings. The number of aromatic nitrogens is 1. The van der Waals surface area contributed by atoms with Crippen LogP contribution >= 0.6 is 15.9 Å². The Morgan fingerprint density at radius 1 is 1.58 bits per heavy atom. The number of rotatable bonds is 5. The van der Waals surface area contributed by atoms with Gasteiger partial charge < -0.3 is 15.0 Å². The third-order valence-electron chi connectivity index (χ3n) is 3.65. The lowest BCUT2D eigenvalue weighted by Gasteiger charge is -2.26. The number of nitrogens with zero attached hydrogens (tertiary/aromatic N) is 1. The van der Waals surface area contributed by atoms with Crippen LogP contribution in [0.1, 0.15) is 37.2 Å². The zero-order chi connectivity index (χ0) is 14.2. The number of carbonyl (C=O) groups is 2. The number of hydrogen-bond donors (Lipinski definition) is 2. The number of carboxylic acid groups (broad SMARTS) is 1. The zero-order valence-corrected chi connectivity index (χ0v) is 12.5. The third kappa shape index (κ3) is 2.68. The molecule has 2 N–H and O–H groups in total. The molecule has 0 saturated heterocycles. The minimum atomic E-state index is -1.17. The molecule has 1 atom stereocenters. The Labute approximate surface area is 120 Å². The minimum Gasteiger partial charge on any atom is -0.480 e. The molecule has 0 aromatic carbocycles. The average Bonchev–Trinajstić information content (AvgIpc) is 3.12. The highest BCUT2D eigenvalue weighted by Gasteiger charge is 2.48. The standard InChI is InChI=1S/C13H17BrN2O3/c1-3-16-7-9(14)6-10(16)11(17)15-13(2,12(18)19)8-4-5-8/h6-8H,3-5H2,1-2H3,(H,15,17)(H,18,19). The number of amides is 1. The molecule has 19 heavy (non-hydrogen) atoms. The van der Waals surface area contributed by atoms with E-state index in [4.69, 9.17) is 0 Å². The molecule has 1 saturated carbocycles. The smallest absolute Gasteiger partial charge is 0.329 e. The molecule has 0 aliphatic heterocycles. The van der Waals surface area contributed by atoms with E-state index in [-0.39, 0.29) is 11.8 Å². The third-order valence-corrected chi connectivity index (χ3v) is 4.08. The maximum absolute atomic E-state index is 12.3. The molecule has 1 amide bonds. The fraction of sp³-hybridized carbons (Fsp3) is 0.538. The van der Waals surface area contributed by atoms with Crippen LogP contribution in [-0.4, -0.2) is 27.1 Å². The van der Waals surface area contributed by atoms with E-state index >= 15 is 0 Å². The molecule has 1 aromatic rings. The molecule has 0 bridgehead atoms. The van der Waals surface area contributed by atoms with Gasteiger partial charge in [-0.2, -0.15) is 0 Å². The van der Waals surface area contributed by atoms with E-state index < -0.39 is 11.5 Å². The summed E-state index contributed by atoms with van der Waals surface area (Å²) in [6.45, 7) is 4.17. The Hall–Kier alpha value is -1.30. The fourth-order valence-electron chi connectivity index (χ4n) is 2.22. The molecule has 1 aliphatic carbocycles. The largest absolute Gasteiger partial charge is 0.480 e. The molecule has 1 aliphatic rings. The van der Waals surface area contributed by atoms with Gasteiger partial charge in [0.15, 0.2) is 0 Å². The highest BCUT2D eigenvalue weighted by atomic mass is 79.9. The van der Waals surface area contributed by atoms with Gasteiger partial charge in [0.1, 0.15) is 11.2 Å². The average molecular weight is 329 g/mol. The number of halogens is 1. The van der Waals surface area contributed by atoms with Gasteiger partial charge in [-0.3, -0.25) is 4.79 Å². The van der Waals surface area contributed by atoms with Crippen molar-refractivity contribution in [2.75, 3.05) is 0 Å². The molecular formula is C13H17BrN2O3. The zero-order valence-electron chi connectivity index (χ0n) is 10.9. The first-order valence-electron chi connectivity index (χ1n) is 6.30. The van der Waals surface area contributed by atoms with Crippen molar-refractivity contribution in [3.8, 4) is 0 Å². The van der Waals surface area contributed by atoms with Crippen LogP contribution in [0.4, 0.5) is 0 Å². The van der Waals surface area contributed by atoms with Crippen LogP contribution < -0.4 is 5.32 Å². The number of carboxylic acids is 1.